The molecule has 2 aromatic heterocycles. The van der Waals surface area contributed by atoms with Crippen molar-refractivity contribution in [1.82, 2.24) is 19.1 Å². The molecule has 3 heterocycles. The van der Waals surface area contributed by atoms with Crippen LogP contribution in [0.2, 0.25) is 0 Å². The molecule has 3 rings (SSSR count). The zero-order chi connectivity index (χ0) is 15.3. The second kappa shape index (κ2) is 4.77. The van der Waals surface area contributed by atoms with Crippen LogP contribution in [0.4, 0.5) is 5.95 Å². The van der Waals surface area contributed by atoms with Crippen molar-refractivity contribution in [3.63, 3.8) is 0 Å². The van der Waals surface area contributed by atoms with E-state index in [1.807, 2.05) is 0 Å². The number of hydrogen-bond donors (Lipinski definition) is 4. The Bertz CT molecular complexity index is 740. The lowest BCUT2D eigenvalue weighted by atomic mass is 10.1. The van der Waals surface area contributed by atoms with Crippen molar-refractivity contribution in [3.05, 3.63) is 16.7 Å². The van der Waals surface area contributed by atoms with E-state index in [-0.39, 0.29) is 17.1 Å². The number of nitrogens with zero attached hydrogens (tertiary/aromatic N) is 4. The first kappa shape index (κ1) is 13.9. The molecule has 0 bridgehead atoms. The van der Waals surface area contributed by atoms with Gasteiger partial charge in [0.1, 0.15) is 18.3 Å². The van der Waals surface area contributed by atoms with Gasteiger partial charge in [0.25, 0.3) is 5.56 Å². The number of aromatic nitrogens is 4. The van der Waals surface area contributed by atoms with E-state index in [1.54, 1.807) is 0 Å². The number of fused-ring (bicyclic) bond motifs is 1. The fraction of sp³-hybridized carbons (Fsp3) is 0.545. The van der Waals surface area contributed by atoms with Gasteiger partial charge in [-0.1, -0.05) is 0 Å². The molecule has 114 valence electrons. The summed E-state index contributed by atoms with van der Waals surface area (Å²) >= 11 is 0. The molecule has 0 saturated carbocycles. The number of nitrogen functional groups attached to an aromatic ring is 1. The third kappa shape index (κ3) is 1.92. The Kier molecular flexibility index (Phi) is 3.17. The molecule has 0 amide bonds. The number of ether oxygens (including phenoxy) is 1. The van der Waals surface area contributed by atoms with E-state index < -0.39 is 36.7 Å². The van der Waals surface area contributed by atoms with Crippen LogP contribution in [0.1, 0.15) is 6.23 Å². The molecule has 1 fully saturated rings. The van der Waals surface area contributed by atoms with E-state index in [0.29, 0.717) is 0 Å². The quantitative estimate of drug-likeness (QED) is 0.468. The van der Waals surface area contributed by atoms with Gasteiger partial charge in [-0.25, -0.2) is 4.98 Å². The summed E-state index contributed by atoms with van der Waals surface area (Å²) in [5.41, 5.74) is 5.44. The predicted molar refractivity (Wildman–Crippen MR) is 70.2 cm³/mol. The standard InChI is InChI=1S/C11H15N5O5/c1-15-9(20)5-8(14-11(15)12)16(3-13-5)10-7(19)6(18)4(2-17)21-10/h3-4,6-7,10,17-19H,2H2,1H3,(H2,12,14)/t4-,6?,7+,10-/m1/s1. The van der Waals surface area contributed by atoms with Gasteiger partial charge in [-0.2, -0.15) is 4.98 Å². The van der Waals surface area contributed by atoms with E-state index in [4.69, 9.17) is 15.6 Å². The second-order valence-electron chi connectivity index (χ2n) is 4.89. The van der Waals surface area contributed by atoms with Crippen molar-refractivity contribution in [2.24, 2.45) is 7.05 Å². The molecule has 4 atom stereocenters. The van der Waals surface area contributed by atoms with E-state index in [0.717, 1.165) is 4.57 Å². The number of hydrogen-bond acceptors (Lipinski definition) is 8. The summed E-state index contributed by atoms with van der Waals surface area (Å²) in [5, 5.41) is 28.9. The lowest BCUT2D eigenvalue weighted by Gasteiger charge is -2.16. The zero-order valence-corrected chi connectivity index (χ0v) is 11.1. The molecule has 2 aromatic rings. The Balaban J connectivity index is 2.12. The minimum atomic E-state index is -1.29. The van der Waals surface area contributed by atoms with Crippen LogP contribution in [0.15, 0.2) is 11.1 Å². The average molecular weight is 297 g/mol. The van der Waals surface area contributed by atoms with Gasteiger partial charge in [0.15, 0.2) is 17.4 Å². The number of aliphatic hydroxyl groups is 3. The fourth-order valence-electron chi connectivity index (χ4n) is 2.36. The summed E-state index contributed by atoms with van der Waals surface area (Å²) in [6.45, 7) is -0.446. The van der Waals surface area contributed by atoms with Crippen LogP contribution in [0.5, 0.6) is 0 Å². The molecule has 0 spiro atoms. The molecule has 1 aliphatic rings. The molecule has 5 N–H and O–H groups in total. The van der Waals surface area contributed by atoms with E-state index in [2.05, 4.69) is 9.97 Å². The Morgan fingerprint density at radius 1 is 1.43 bits per heavy atom. The summed E-state index contributed by atoms with van der Waals surface area (Å²) in [6, 6.07) is 0. The summed E-state index contributed by atoms with van der Waals surface area (Å²) in [5.74, 6) is -0.0130. The zero-order valence-electron chi connectivity index (χ0n) is 11.1. The van der Waals surface area contributed by atoms with Gasteiger partial charge < -0.3 is 25.8 Å². The van der Waals surface area contributed by atoms with Crippen LogP contribution >= 0.6 is 0 Å². The number of rotatable bonds is 2. The number of anilines is 1. The Labute approximate surface area is 118 Å². The fourth-order valence-corrected chi connectivity index (χ4v) is 2.36. The molecule has 0 aliphatic carbocycles. The van der Waals surface area contributed by atoms with Crippen LogP contribution in [0.25, 0.3) is 11.2 Å². The highest BCUT2D eigenvalue weighted by Crippen LogP contribution is 2.30. The maximum absolute atomic E-state index is 12.0. The molecule has 1 aliphatic heterocycles. The van der Waals surface area contributed by atoms with Gasteiger partial charge in [-0.3, -0.25) is 13.9 Å². The first-order chi connectivity index (χ1) is 9.95. The van der Waals surface area contributed by atoms with Crippen LogP contribution in [-0.2, 0) is 11.8 Å². The lowest BCUT2D eigenvalue weighted by Crippen LogP contribution is -2.33. The third-order valence-corrected chi connectivity index (χ3v) is 3.63. The van der Waals surface area contributed by atoms with Gasteiger partial charge in [-0.05, 0) is 0 Å². The van der Waals surface area contributed by atoms with E-state index >= 15 is 0 Å². The Morgan fingerprint density at radius 2 is 2.14 bits per heavy atom. The van der Waals surface area contributed by atoms with E-state index in [9.17, 15) is 15.0 Å². The highest BCUT2D eigenvalue weighted by atomic mass is 16.6. The van der Waals surface area contributed by atoms with Crippen LogP contribution < -0.4 is 11.3 Å². The molecule has 10 heteroatoms. The lowest BCUT2D eigenvalue weighted by molar-refractivity contribution is -0.0511. The molecular formula is C11H15N5O5. The van der Waals surface area contributed by atoms with Gasteiger partial charge in [0.05, 0.1) is 12.9 Å². The summed E-state index contributed by atoms with van der Waals surface area (Å²) in [7, 11) is 1.47. The third-order valence-electron chi connectivity index (χ3n) is 3.63. The molecule has 0 aromatic carbocycles. The minimum absolute atomic E-state index is 0.0130. The molecule has 1 unspecified atom stereocenters. The first-order valence-corrected chi connectivity index (χ1v) is 6.27. The first-order valence-electron chi connectivity index (χ1n) is 6.27. The van der Waals surface area contributed by atoms with Crippen LogP contribution in [0.3, 0.4) is 0 Å². The SMILES string of the molecule is Cn1c(N)nc2c(ncn2[C@@H]2O[C@H](CO)C(O)[C@@H]2O)c1=O. The van der Waals surface area contributed by atoms with Crippen LogP contribution in [0, 0.1) is 0 Å². The van der Waals surface area contributed by atoms with Crippen molar-refractivity contribution in [2.45, 2.75) is 24.5 Å². The molecule has 0 radical (unpaired) electrons. The summed E-state index contributed by atoms with van der Waals surface area (Å²) in [4.78, 5) is 20.0. The largest absolute Gasteiger partial charge is 0.394 e. The number of aliphatic hydroxyl groups excluding tert-OH is 3. The highest BCUT2D eigenvalue weighted by Gasteiger charge is 2.44. The Hall–Kier alpha value is -2.01. The van der Waals surface area contributed by atoms with Crippen molar-refractivity contribution < 1.29 is 20.1 Å². The van der Waals surface area contributed by atoms with Gasteiger partial charge in [0, 0.05) is 7.05 Å². The smallest absolute Gasteiger partial charge is 0.282 e. The minimum Gasteiger partial charge on any atom is -0.394 e. The summed E-state index contributed by atoms with van der Waals surface area (Å²) < 4.78 is 7.85. The maximum atomic E-state index is 12.0. The second-order valence-corrected chi connectivity index (χ2v) is 4.89. The predicted octanol–water partition coefficient (Wildman–Crippen LogP) is -2.68. The number of nitrogens with two attached hydrogens (primary N) is 1. The van der Waals surface area contributed by atoms with Gasteiger partial charge in [-0.15, -0.1) is 0 Å². The topological polar surface area (TPSA) is 149 Å². The van der Waals surface area contributed by atoms with Crippen molar-refractivity contribution >= 4 is 17.1 Å². The van der Waals surface area contributed by atoms with Gasteiger partial charge >= 0.3 is 0 Å². The van der Waals surface area contributed by atoms with Gasteiger partial charge in [0.2, 0.25) is 5.95 Å². The normalized spacial score (nSPS) is 29.3. The van der Waals surface area contributed by atoms with E-state index in [1.165, 1.54) is 17.9 Å². The highest BCUT2D eigenvalue weighted by molar-refractivity contribution is 5.71. The molecule has 1 saturated heterocycles. The van der Waals surface area contributed by atoms with Crippen molar-refractivity contribution in [1.29, 1.82) is 0 Å². The number of imidazole rings is 1. The Morgan fingerprint density at radius 3 is 2.76 bits per heavy atom. The van der Waals surface area contributed by atoms with Crippen molar-refractivity contribution in [3.8, 4) is 0 Å². The maximum Gasteiger partial charge on any atom is 0.282 e. The molecule has 21 heavy (non-hydrogen) atoms. The van der Waals surface area contributed by atoms with Crippen molar-refractivity contribution in [2.75, 3.05) is 12.3 Å². The monoisotopic (exact) mass is 297 g/mol. The van der Waals surface area contributed by atoms with Crippen LogP contribution in [-0.4, -0.2) is 59.3 Å². The average Bonchev–Trinajstić information content (AvgIpc) is 2.99. The summed E-state index contributed by atoms with van der Waals surface area (Å²) in [6.07, 6.45) is -3.20. The molecule has 10 nitrogen and oxygen atoms in total. The molecular weight excluding hydrogens is 282 g/mol.